The maximum atomic E-state index is 11.5. The molecule has 0 bridgehead atoms. The topological polar surface area (TPSA) is 58.6 Å². The Morgan fingerprint density at radius 1 is 1.24 bits per heavy atom. The number of para-hydroxylation sites is 1. The molecule has 2 rings (SSSR count). The van der Waals surface area contributed by atoms with E-state index < -0.39 is 12.0 Å². The minimum absolute atomic E-state index is 0.580. The van der Waals surface area contributed by atoms with Crippen molar-refractivity contribution in [3.63, 3.8) is 0 Å². The Morgan fingerprint density at radius 2 is 1.90 bits per heavy atom. The van der Waals surface area contributed by atoms with Gasteiger partial charge in [0.1, 0.15) is 5.75 Å². The van der Waals surface area contributed by atoms with Gasteiger partial charge >= 0.3 is 5.97 Å². The number of hydrogen-bond acceptors (Lipinski definition) is 3. The van der Waals surface area contributed by atoms with Crippen LogP contribution in [0.1, 0.15) is 18.5 Å². The van der Waals surface area contributed by atoms with Crippen LogP contribution in [0.3, 0.4) is 0 Å². The van der Waals surface area contributed by atoms with Crippen molar-refractivity contribution in [1.82, 2.24) is 0 Å². The van der Waals surface area contributed by atoms with E-state index in [-0.39, 0.29) is 0 Å². The number of carbonyl (C=O) groups is 1. The smallest absolute Gasteiger partial charge is 0.330 e. The number of carboxylic acids is 1. The third-order valence-corrected chi connectivity index (χ3v) is 3.64. The molecule has 110 valence electrons. The third kappa shape index (κ3) is 3.98. The number of ether oxygens (including phenoxy) is 1. The molecule has 1 atom stereocenters. The second-order valence-electron chi connectivity index (χ2n) is 4.40. The van der Waals surface area contributed by atoms with Crippen molar-refractivity contribution in [3.8, 4) is 5.75 Å². The minimum Gasteiger partial charge on any atom is -0.494 e. The first-order valence-electron chi connectivity index (χ1n) is 6.58. The van der Waals surface area contributed by atoms with E-state index in [4.69, 9.17) is 4.74 Å². The van der Waals surface area contributed by atoms with Crippen LogP contribution >= 0.6 is 15.9 Å². The molecule has 0 aliphatic heterocycles. The molecule has 0 amide bonds. The van der Waals surface area contributed by atoms with Crippen LogP contribution in [0.2, 0.25) is 0 Å². The molecule has 5 heteroatoms. The van der Waals surface area contributed by atoms with E-state index in [0.29, 0.717) is 12.2 Å². The molecule has 2 N–H and O–H groups in total. The van der Waals surface area contributed by atoms with E-state index in [0.717, 1.165) is 15.9 Å². The summed E-state index contributed by atoms with van der Waals surface area (Å²) in [6.45, 7) is 2.49. The molecular formula is C16H16BrNO3. The van der Waals surface area contributed by atoms with Gasteiger partial charge in [0.15, 0.2) is 6.04 Å². The number of halogens is 1. The van der Waals surface area contributed by atoms with Crippen molar-refractivity contribution in [2.45, 2.75) is 13.0 Å². The molecule has 0 saturated heterocycles. The molecule has 0 spiro atoms. The summed E-state index contributed by atoms with van der Waals surface area (Å²) in [5, 5.41) is 12.5. The van der Waals surface area contributed by atoms with Crippen LogP contribution in [0, 0.1) is 0 Å². The number of hydrogen-bond donors (Lipinski definition) is 2. The van der Waals surface area contributed by atoms with Gasteiger partial charge in [-0.25, -0.2) is 4.79 Å². The third-order valence-electron chi connectivity index (χ3n) is 2.95. The highest BCUT2D eigenvalue weighted by Crippen LogP contribution is 2.27. The zero-order chi connectivity index (χ0) is 15.2. The molecule has 4 nitrogen and oxygen atoms in total. The molecule has 2 aromatic carbocycles. The highest BCUT2D eigenvalue weighted by molar-refractivity contribution is 9.10. The predicted molar refractivity (Wildman–Crippen MR) is 85.8 cm³/mol. The normalized spacial score (nSPS) is 11.7. The lowest BCUT2D eigenvalue weighted by molar-refractivity contribution is -0.138. The molecule has 2 aromatic rings. The quantitative estimate of drug-likeness (QED) is 0.824. The van der Waals surface area contributed by atoms with Crippen LogP contribution in [0.4, 0.5) is 5.69 Å². The van der Waals surface area contributed by atoms with Gasteiger partial charge in [0.2, 0.25) is 0 Å². The first-order valence-corrected chi connectivity index (χ1v) is 7.37. The fourth-order valence-electron chi connectivity index (χ4n) is 1.94. The van der Waals surface area contributed by atoms with Crippen LogP contribution in [0.25, 0.3) is 0 Å². The lowest BCUT2D eigenvalue weighted by atomic mass is 10.1. The van der Waals surface area contributed by atoms with Crippen molar-refractivity contribution >= 4 is 27.6 Å². The van der Waals surface area contributed by atoms with Crippen LogP contribution in [-0.4, -0.2) is 17.7 Å². The Labute approximate surface area is 131 Å². The fraction of sp³-hybridized carbons (Fsp3) is 0.188. The first kappa shape index (κ1) is 15.4. The van der Waals surface area contributed by atoms with Crippen molar-refractivity contribution in [2.75, 3.05) is 11.9 Å². The standard InChI is InChI=1S/C16H16BrNO3/c1-2-21-12-9-7-11(8-10-12)15(16(19)20)18-14-6-4-3-5-13(14)17/h3-10,15,18H,2H2,1H3,(H,19,20). The van der Waals surface area contributed by atoms with E-state index in [1.807, 2.05) is 31.2 Å². The lowest BCUT2D eigenvalue weighted by Crippen LogP contribution is -2.20. The van der Waals surface area contributed by atoms with Crippen molar-refractivity contribution < 1.29 is 14.6 Å². The lowest BCUT2D eigenvalue weighted by Gasteiger charge is -2.17. The number of benzene rings is 2. The van der Waals surface area contributed by atoms with Crippen LogP contribution in [0.5, 0.6) is 5.75 Å². The molecule has 0 aromatic heterocycles. The largest absolute Gasteiger partial charge is 0.494 e. The van der Waals surface area contributed by atoms with Crippen LogP contribution in [0.15, 0.2) is 53.0 Å². The molecule has 0 fully saturated rings. The number of rotatable bonds is 6. The van der Waals surface area contributed by atoms with E-state index >= 15 is 0 Å². The van der Waals surface area contributed by atoms with Crippen molar-refractivity contribution in [2.24, 2.45) is 0 Å². The summed E-state index contributed by atoms with van der Waals surface area (Å²) in [6, 6.07) is 13.7. The zero-order valence-corrected chi connectivity index (χ0v) is 13.1. The Morgan fingerprint density at radius 3 is 2.48 bits per heavy atom. The van der Waals surface area contributed by atoms with Gasteiger partial charge in [-0.15, -0.1) is 0 Å². The maximum Gasteiger partial charge on any atom is 0.330 e. The molecule has 0 radical (unpaired) electrons. The summed E-state index contributed by atoms with van der Waals surface area (Å²) >= 11 is 3.40. The highest BCUT2D eigenvalue weighted by Gasteiger charge is 2.20. The molecule has 0 saturated carbocycles. The summed E-state index contributed by atoms with van der Waals surface area (Å²) in [4.78, 5) is 11.5. The van der Waals surface area contributed by atoms with Gasteiger partial charge in [0.05, 0.1) is 6.61 Å². The Kier molecular flexibility index (Phi) is 5.22. The predicted octanol–water partition coefficient (Wildman–Crippen LogP) is 4.09. The molecule has 0 aliphatic carbocycles. The van der Waals surface area contributed by atoms with Crippen molar-refractivity contribution in [1.29, 1.82) is 0 Å². The minimum atomic E-state index is -0.935. The second-order valence-corrected chi connectivity index (χ2v) is 5.25. The Balaban J connectivity index is 2.23. The number of carboxylic acid groups (broad SMARTS) is 1. The van der Waals surface area contributed by atoms with Gasteiger partial charge in [0, 0.05) is 10.2 Å². The van der Waals surface area contributed by atoms with E-state index in [9.17, 15) is 9.90 Å². The van der Waals surface area contributed by atoms with Gasteiger partial charge in [0.25, 0.3) is 0 Å². The van der Waals surface area contributed by atoms with E-state index in [2.05, 4.69) is 21.2 Å². The van der Waals surface area contributed by atoms with Gasteiger partial charge in [-0.1, -0.05) is 24.3 Å². The maximum absolute atomic E-state index is 11.5. The molecular weight excluding hydrogens is 334 g/mol. The number of anilines is 1. The molecule has 1 unspecified atom stereocenters. The van der Waals surface area contributed by atoms with Gasteiger partial charge in [-0.2, -0.15) is 0 Å². The second kappa shape index (κ2) is 7.13. The summed E-state index contributed by atoms with van der Waals surface area (Å²) in [6.07, 6.45) is 0. The SMILES string of the molecule is CCOc1ccc(C(Nc2ccccc2Br)C(=O)O)cc1. The van der Waals surface area contributed by atoms with Crippen molar-refractivity contribution in [3.05, 3.63) is 58.6 Å². The highest BCUT2D eigenvalue weighted by atomic mass is 79.9. The summed E-state index contributed by atoms with van der Waals surface area (Å²) < 4.78 is 6.18. The Hall–Kier alpha value is -2.01. The average Bonchev–Trinajstić information content (AvgIpc) is 2.47. The first-order chi connectivity index (χ1) is 10.1. The van der Waals surface area contributed by atoms with Gasteiger partial charge < -0.3 is 15.2 Å². The summed E-state index contributed by atoms with van der Waals surface area (Å²) in [5.41, 5.74) is 1.40. The van der Waals surface area contributed by atoms with Crippen LogP contribution < -0.4 is 10.1 Å². The monoisotopic (exact) mass is 349 g/mol. The molecule has 21 heavy (non-hydrogen) atoms. The zero-order valence-electron chi connectivity index (χ0n) is 11.5. The average molecular weight is 350 g/mol. The van der Waals surface area contributed by atoms with Gasteiger partial charge in [-0.05, 0) is 52.7 Å². The molecule has 0 aliphatic rings. The number of aliphatic carboxylic acids is 1. The fourth-order valence-corrected chi connectivity index (χ4v) is 2.34. The van der Waals surface area contributed by atoms with E-state index in [1.54, 1.807) is 24.3 Å². The Bertz CT molecular complexity index is 613. The van der Waals surface area contributed by atoms with Crippen LogP contribution in [-0.2, 0) is 4.79 Å². The summed E-state index contributed by atoms with van der Waals surface area (Å²) in [7, 11) is 0. The summed E-state index contributed by atoms with van der Waals surface area (Å²) in [5.74, 6) is -0.207. The number of nitrogens with one attached hydrogen (secondary N) is 1. The van der Waals surface area contributed by atoms with E-state index in [1.165, 1.54) is 0 Å². The molecule has 0 heterocycles. The van der Waals surface area contributed by atoms with Gasteiger partial charge in [-0.3, -0.25) is 0 Å².